The first-order chi connectivity index (χ1) is 18.1. The second-order valence-corrected chi connectivity index (χ2v) is 10.3. The Morgan fingerprint density at radius 1 is 1.11 bits per heavy atom. The summed E-state index contributed by atoms with van der Waals surface area (Å²) >= 11 is 1.31. The van der Waals surface area contributed by atoms with Gasteiger partial charge >= 0.3 is 5.97 Å². The molecular weight excluding hydrogens is 486 g/mol. The van der Waals surface area contributed by atoms with Crippen LogP contribution in [-0.4, -0.2) is 58.7 Å². The summed E-state index contributed by atoms with van der Waals surface area (Å²) in [6, 6.07) is 9.94. The third-order valence-corrected chi connectivity index (χ3v) is 7.47. The number of likely N-dealkylation sites (tertiary alicyclic amines) is 1. The van der Waals surface area contributed by atoms with Crippen molar-refractivity contribution in [3.8, 4) is 16.3 Å². The molecule has 1 aliphatic heterocycles. The average Bonchev–Trinajstić information content (AvgIpc) is 3.41. The number of piperidine rings is 1. The van der Waals surface area contributed by atoms with E-state index in [1.165, 1.54) is 62.2 Å². The molecule has 0 unspecified atom stereocenters. The Bertz CT molecular complexity index is 1150. The minimum Gasteiger partial charge on any atom is -0.491 e. The number of nitrogens with zero attached hydrogens (tertiary/aromatic N) is 3. The van der Waals surface area contributed by atoms with E-state index in [0.717, 1.165) is 55.0 Å². The van der Waals surface area contributed by atoms with Gasteiger partial charge in [0.05, 0.1) is 12.3 Å². The van der Waals surface area contributed by atoms with Gasteiger partial charge < -0.3 is 25.8 Å². The molecule has 0 atom stereocenters. The zero-order valence-corrected chi connectivity index (χ0v) is 22.1. The second kappa shape index (κ2) is 13.9. The van der Waals surface area contributed by atoms with Crippen LogP contribution in [0.5, 0.6) is 5.75 Å². The van der Waals surface area contributed by atoms with Crippen LogP contribution in [0.1, 0.15) is 61.0 Å². The van der Waals surface area contributed by atoms with Crippen LogP contribution in [0.2, 0.25) is 0 Å². The number of benzene rings is 1. The number of nitrogens with one attached hydrogen (secondary N) is 1. The highest BCUT2D eigenvalue weighted by atomic mass is 32.1. The minimum absolute atomic E-state index is 0.0643. The number of pyridine rings is 1. The van der Waals surface area contributed by atoms with Gasteiger partial charge in [-0.3, -0.25) is 0 Å². The highest BCUT2D eigenvalue weighted by molar-refractivity contribution is 7.13. The van der Waals surface area contributed by atoms with E-state index >= 15 is 0 Å². The van der Waals surface area contributed by atoms with Crippen molar-refractivity contribution in [1.29, 1.82) is 0 Å². The molecule has 1 saturated heterocycles. The molecule has 1 aliphatic rings. The minimum atomic E-state index is -1.02. The van der Waals surface area contributed by atoms with Gasteiger partial charge in [0, 0.05) is 23.7 Å². The van der Waals surface area contributed by atoms with Crippen molar-refractivity contribution in [2.45, 2.75) is 51.4 Å². The number of ether oxygens (including phenoxy) is 1. The van der Waals surface area contributed by atoms with Gasteiger partial charge in [0.15, 0.2) is 5.69 Å². The smallest absolute Gasteiger partial charge is 0.355 e. The van der Waals surface area contributed by atoms with Crippen LogP contribution < -0.4 is 15.8 Å². The van der Waals surface area contributed by atoms with E-state index in [2.05, 4.69) is 32.3 Å². The predicted octanol–water partition coefficient (Wildman–Crippen LogP) is 5.57. The zero-order valence-electron chi connectivity index (χ0n) is 21.3. The first-order valence-corrected chi connectivity index (χ1v) is 14.1. The number of carboxylic acid groups (broad SMARTS) is 1. The van der Waals surface area contributed by atoms with E-state index in [0.29, 0.717) is 11.6 Å². The van der Waals surface area contributed by atoms with Gasteiger partial charge in [-0.15, -0.1) is 11.3 Å². The molecule has 0 aliphatic carbocycles. The molecule has 0 radical (unpaired) electrons. The maximum atomic E-state index is 11.1. The summed E-state index contributed by atoms with van der Waals surface area (Å²) in [5.74, 6) is 0.508. The molecule has 0 saturated carbocycles. The molecule has 0 amide bonds. The van der Waals surface area contributed by atoms with Crippen LogP contribution in [0.3, 0.4) is 0 Å². The Kier molecular flexibility index (Phi) is 10.1. The number of aromatic nitrogens is 2. The van der Waals surface area contributed by atoms with Crippen LogP contribution >= 0.6 is 11.3 Å². The molecule has 0 spiro atoms. The number of aromatic carboxylic acids is 1. The fourth-order valence-electron chi connectivity index (χ4n) is 4.54. The fraction of sp³-hybridized carbons (Fsp3) is 0.464. The quantitative estimate of drug-likeness (QED) is 0.186. The number of aryl methyl sites for hydroxylation is 1. The Morgan fingerprint density at radius 2 is 1.97 bits per heavy atom. The Balaban J connectivity index is 1.10. The largest absolute Gasteiger partial charge is 0.491 e. The normalized spacial score (nSPS) is 13.9. The number of hydrogen-bond acceptors (Lipinski definition) is 8. The monoisotopic (exact) mass is 523 g/mol. The number of anilines is 2. The third-order valence-electron chi connectivity index (χ3n) is 6.58. The lowest BCUT2D eigenvalue weighted by Gasteiger charge is -2.26. The van der Waals surface area contributed by atoms with Gasteiger partial charge in [0.25, 0.3) is 0 Å². The van der Waals surface area contributed by atoms with Crippen LogP contribution in [-0.2, 0) is 6.42 Å². The summed E-state index contributed by atoms with van der Waals surface area (Å²) < 4.78 is 5.93. The van der Waals surface area contributed by atoms with Crippen LogP contribution in [0.4, 0.5) is 11.5 Å². The zero-order chi connectivity index (χ0) is 25.9. The lowest BCUT2D eigenvalue weighted by atomic mass is 10.1. The maximum Gasteiger partial charge on any atom is 0.355 e. The molecule has 198 valence electrons. The van der Waals surface area contributed by atoms with Gasteiger partial charge in [0.2, 0.25) is 0 Å². The number of nitrogen functional groups attached to an aromatic ring is 1. The van der Waals surface area contributed by atoms with Crippen molar-refractivity contribution >= 4 is 28.8 Å². The van der Waals surface area contributed by atoms with Crippen molar-refractivity contribution in [2.24, 2.45) is 0 Å². The van der Waals surface area contributed by atoms with Crippen molar-refractivity contribution in [1.82, 2.24) is 14.9 Å². The number of nitrogens with two attached hydrogens (primary N) is 1. The van der Waals surface area contributed by atoms with E-state index < -0.39 is 5.97 Å². The van der Waals surface area contributed by atoms with E-state index in [1.54, 1.807) is 11.6 Å². The molecule has 3 aromatic rings. The van der Waals surface area contributed by atoms with E-state index in [1.807, 2.05) is 18.2 Å². The maximum absolute atomic E-state index is 11.1. The van der Waals surface area contributed by atoms with Gasteiger partial charge in [-0.1, -0.05) is 12.5 Å². The molecule has 2 aromatic heterocycles. The standard InChI is InChI=1S/C28H37N5O3S/c29-23-18-21(8-7-16-33-14-4-2-5-15-33)9-10-25(23)36-17-6-1-3-12-30-26-19-22(11-13-31-26)27-32-24(20-37-27)28(34)35/h9-11,13,18-20H,1-8,12,14-17,29H2,(H,30,31)(H,34,35). The lowest BCUT2D eigenvalue weighted by Crippen LogP contribution is -2.30. The lowest BCUT2D eigenvalue weighted by molar-refractivity contribution is 0.0691. The molecular formula is C28H37N5O3S. The van der Waals surface area contributed by atoms with Crippen LogP contribution in [0.25, 0.3) is 10.6 Å². The molecule has 37 heavy (non-hydrogen) atoms. The molecule has 4 rings (SSSR count). The predicted molar refractivity (Wildman–Crippen MR) is 150 cm³/mol. The molecule has 1 fully saturated rings. The number of thiazole rings is 1. The topological polar surface area (TPSA) is 114 Å². The van der Waals surface area contributed by atoms with Crippen molar-refractivity contribution < 1.29 is 14.6 Å². The van der Waals surface area contributed by atoms with Gasteiger partial charge in [-0.25, -0.2) is 14.8 Å². The van der Waals surface area contributed by atoms with Gasteiger partial charge in [0.1, 0.15) is 16.6 Å². The molecule has 3 heterocycles. The number of hydrogen-bond donors (Lipinski definition) is 3. The summed E-state index contributed by atoms with van der Waals surface area (Å²) in [5.41, 5.74) is 9.17. The number of rotatable bonds is 14. The third kappa shape index (κ3) is 8.43. The van der Waals surface area contributed by atoms with E-state index in [9.17, 15) is 4.79 Å². The molecule has 0 bridgehead atoms. The summed E-state index contributed by atoms with van der Waals surface area (Å²) in [5, 5.41) is 14.6. The molecule has 1 aromatic carbocycles. The second-order valence-electron chi connectivity index (χ2n) is 9.49. The van der Waals surface area contributed by atoms with Crippen molar-refractivity contribution in [3.63, 3.8) is 0 Å². The fourth-order valence-corrected chi connectivity index (χ4v) is 5.33. The van der Waals surface area contributed by atoms with Gasteiger partial charge in [-0.2, -0.15) is 0 Å². The molecule has 9 heteroatoms. The first-order valence-electron chi connectivity index (χ1n) is 13.2. The van der Waals surface area contributed by atoms with Crippen LogP contribution in [0, 0.1) is 0 Å². The summed E-state index contributed by atoms with van der Waals surface area (Å²) in [4.78, 5) is 22.1. The van der Waals surface area contributed by atoms with Crippen molar-refractivity contribution in [2.75, 3.05) is 43.8 Å². The summed E-state index contributed by atoms with van der Waals surface area (Å²) in [6.07, 6.45) is 10.9. The number of unbranched alkanes of at least 4 members (excludes halogenated alkanes) is 2. The highest BCUT2D eigenvalue weighted by Crippen LogP contribution is 2.26. The Hall–Kier alpha value is -3.17. The van der Waals surface area contributed by atoms with Gasteiger partial charge in [-0.05, 0) is 94.4 Å². The first kappa shape index (κ1) is 26.9. The molecule has 8 nitrogen and oxygen atoms in total. The van der Waals surface area contributed by atoms with E-state index in [4.69, 9.17) is 15.6 Å². The van der Waals surface area contributed by atoms with Crippen LogP contribution in [0.15, 0.2) is 41.9 Å². The molecule has 4 N–H and O–H groups in total. The van der Waals surface area contributed by atoms with E-state index in [-0.39, 0.29) is 5.69 Å². The summed E-state index contributed by atoms with van der Waals surface area (Å²) in [7, 11) is 0. The highest BCUT2D eigenvalue weighted by Gasteiger charge is 2.11. The number of carboxylic acids is 1. The SMILES string of the molecule is Nc1cc(CCCN2CCCCC2)ccc1OCCCCCNc1cc(-c2nc(C(=O)O)cs2)ccn1. The number of carbonyl (C=O) groups is 1. The summed E-state index contributed by atoms with van der Waals surface area (Å²) in [6.45, 7) is 5.11. The Morgan fingerprint density at radius 3 is 2.76 bits per heavy atom. The Labute approximate surface area is 222 Å². The average molecular weight is 524 g/mol. The van der Waals surface area contributed by atoms with Crippen molar-refractivity contribution in [3.05, 3.63) is 53.2 Å².